The number of carbonyl (C=O) groups is 4. The number of fused-ring (bicyclic) bond motifs is 1. The molecule has 7 N–H and O–H groups in total. The lowest BCUT2D eigenvalue weighted by molar-refractivity contribution is -0.676. The van der Waals surface area contributed by atoms with Gasteiger partial charge in [0.15, 0.2) is 40.1 Å². The van der Waals surface area contributed by atoms with E-state index in [2.05, 4.69) is 35.1 Å². The quantitative estimate of drug-likeness (QED) is 0.191. The molecule has 288 valence electrons. The first kappa shape index (κ1) is 39.2. The van der Waals surface area contributed by atoms with E-state index in [1.54, 1.807) is 4.90 Å². The lowest BCUT2D eigenvalue weighted by Gasteiger charge is -2.33. The zero-order valence-corrected chi connectivity index (χ0v) is 31.8. The Morgan fingerprint density at radius 1 is 0.962 bits per heavy atom. The molecule has 0 spiro atoms. The summed E-state index contributed by atoms with van der Waals surface area (Å²) in [5, 5.41) is 8.71. The predicted octanol–water partition coefficient (Wildman–Crippen LogP) is 2.75. The Kier molecular flexibility index (Phi) is 12.4. The van der Waals surface area contributed by atoms with Gasteiger partial charge < -0.3 is 46.7 Å². The van der Waals surface area contributed by atoms with Crippen molar-refractivity contribution >= 4 is 58.2 Å². The number of carbonyl (C=O) groups excluding carboxylic acids is 4. The highest BCUT2D eigenvalue weighted by atomic mass is 35.5. The van der Waals surface area contributed by atoms with Gasteiger partial charge in [0.2, 0.25) is 0 Å². The zero-order chi connectivity index (χ0) is 38.4. The predicted molar refractivity (Wildman–Crippen MR) is 198 cm³/mol. The number of likely N-dealkylation sites (tertiary alicyclic amines) is 2. The van der Waals surface area contributed by atoms with Crippen LogP contribution < -0.4 is 36.7 Å². The molecular weight excluding hydrogens is 706 g/mol. The summed E-state index contributed by atoms with van der Waals surface area (Å²) in [5.41, 5.74) is 12.7. The largest absolute Gasteiger partial charge is 0.484 e. The number of imidazole rings is 1. The average Bonchev–Trinajstić information content (AvgIpc) is 3.43. The number of nitrogen functional groups attached to an aromatic ring is 2. The summed E-state index contributed by atoms with van der Waals surface area (Å²) >= 11 is 6.04. The average molecular weight is 757 g/mol. The van der Waals surface area contributed by atoms with Crippen molar-refractivity contribution in [2.45, 2.75) is 91.1 Å². The van der Waals surface area contributed by atoms with Crippen molar-refractivity contribution in [1.29, 1.82) is 0 Å². The number of amides is 5. The molecule has 53 heavy (non-hydrogen) atoms. The fourth-order valence-electron chi connectivity index (χ4n) is 6.76. The Labute approximate surface area is 313 Å². The number of urea groups is 1. The van der Waals surface area contributed by atoms with Crippen molar-refractivity contribution in [3.05, 3.63) is 34.9 Å². The molecule has 1 aromatic carbocycles. The molecule has 2 aliphatic heterocycles. The van der Waals surface area contributed by atoms with E-state index in [0.29, 0.717) is 70.7 Å². The maximum atomic E-state index is 13.3. The van der Waals surface area contributed by atoms with Crippen LogP contribution in [0.4, 0.5) is 21.2 Å². The number of rotatable bonds is 10. The molecule has 0 bridgehead atoms. The smallest absolute Gasteiger partial charge is 0.410 e. The van der Waals surface area contributed by atoms with Crippen molar-refractivity contribution < 1.29 is 33.2 Å². The lowest BCUT2D eigenvalue weighted by Crippen LogP contribution is -2.48. The van der Waals surface area contributed by atoms with Crippen LogP contribution in [-0.2, 0) is 22.6 Å². The monoisotopic (exact) mass is 756 g/mol. The number of aryl methyl sites for hydroxylation is 1. The number of ether oxygens (including phenoxy) is 2. The first-order valence-corrected chi connectivity index (χ1v) is 18.4. The SMILES string of the molecule is CCNC(=O)N1CCC(n2c(CNC(=O)c3nc(Cl)c(N)nc3N)[n+](CC)c3ccc(OCC(=O)NC4CCN(C(=O)OC(C)(C)C)CC4)cc32)CC1. The third-order valence-electron chi connectivity index (χ3n) is 9.26. The normalized spacial score (nSPS) is 15.7. The minimum atomic E-state index is -0.569. The molecule has 4 heterocycles. The Morgan fingerprint density at radius 3 is 2.28 bits per heavy atom. The summed E-state index contributed by atoms with van der Waals surface area (Å²) in [6, 6.07) is 5.47. The Balaban J connectivity index is 1.33. The van der Waals surface area contributed by atoms with Crippen molar-refractivity contribution in [3.63, 3.8) is 0 Å². The summed E-state index contributed by atoms with van der Waals surface area (Å²) in [5.74, 6) is 0.291. The molecule has 2 aromatic heterocycles. The molecule has 2 saturated heterocycles. The number of benzene rings is 1. The first-order chi connectivity index (χ1) is 25.2. The highest BCUT2D eigenvalue weighted by molar-refractivity contribution is 6.31. The second kappa shape index (κ2) is 16.7. The van der Waals surface area contributed by atoms with Crippen molar-refractivity contribution in [3.8, 4) is 5.75 Å². The molecule has 18 heteroatoms. The van der Waals surface area contributed by atoms with Gasteiger partial charge in [0, 0.05) is 57.7 Å². The summed E-state index contributed by atoms with van der Waals surface area (Å²) < 4.78 is 15.8. The Morgan fingerprint density at radius 2 is 1.64 bits per heavy atom. The van der Waals surface area contributed by atoms with E-state index in [-0.39, 0.29) is 65.7 Å². The molecule has 2 aliphatic rings. The van der Waals surface area contributed by atoms with Crippen LogP contribution >= 0.6 is 11.6 Å². The van der Waals surface area contributed by atoms with Crippen LogP contribution in [0.2, 0.25) is 5.15 Å². The second-order valence-corrected chi connectivity index (χ2v) is 14.5. The fraction of sp³-hybridized carbons (Fsp3) is 0.571. The summed E-state index contributed by atoms with van der Waals surface area (Å²) in [7, 11) is 0. The summed E-state index contributed by atoms with van der Waals surface area (Å²) in [4.78, 5) is 62.7. The maximum absolute atomic E-state index is 13.3. The highest BCUT2D eigenvalue weighted by Crippen LogP contribution is 2.31. The van der Waals surface area contributed by atoms with E-state index in [1.807, 2.05) is 57.7 Å². The zero-order valence-electron chi connectivity index (χ0n) is 31.0. The van der Waals surface area contributed by atoms with Crippen LogP contribution in [0.15, 0.2) is 18.2 Å². The van der Waals surface area contributed by atoms with E-state index >= 15 is 0 Å². The van der Waals surface area contributed by atoms with Gasteiger partial charge in [0.25, 0.3) is 17.6 Å². The molecule has 17 nitrogen and oxygen atoms in total. The fourth-order valence-corrected chi connectivity index (χ4v) is 6.88. The number of nitrogens with one attached hydrogen (secondary N) is 3. The number of hydrogen-bond acceptors (Lipinski definition) is 10. The van der Waals surface area contributed by atoms with E-state index in [9.17, 15) is 19.2 Å². The molecule has 0 atom stereocenters. The third kappa shape index (κ3) is 9.49. The van der Waals surface area contributed by atoms with Gasteiger partial charge in [0.1, 0.15) is 23.9 Å². The Bertz CT molecular complexity index is 1830. The van der Waals surface area contributed by atoms with Crippen molar-refractivity contribution in [1.82, 2.24) is 40.3 Å². The standard InChI is InChI=1S/C35H50ClN11O6/c1-6-39-33(50)44-16-12-22(13-17-44)47-25-18-23(52-20-26(48)41-21-10-14-45(15-11-21)34(51)53-35(3,4)5)8-9-24(25)46(7-2)27(47)19-40-32(49)28-30(37)43-31(38)29(36)42-28/h8-9,18,21-22H,6-7,10-17,19-20H2,1-5H3,(H6-,37,38,39,40,41,43,48,49,50)/p+1. The molecule has 5 amide bonds. The lowest BCUT2D eigenvalue weighted by atomic mass is 10.0. The highest BCUT2D eigenvalue weighted by Gasteiger charge is 2.34. The van der Waals surface area contributed by atoms with Crippen LogP contribution in [-0.4, -0.2) is 99.2 Å². The minimum absolute atomic E-state index is 0.0104. The van der Waals surface area contributed by atoms with E-state index in [4.69, 9.17) is 32.5 Å². The summed E-state index contributed by atoms with van der Waals surface area (Å²) in [6.45, 7) is 12.6. The van der Waals surface area contributed by atoms with Crippen LogP contribution in [0.3, 0.4) is 0 Å². The van der Waals surface area contributed by atoms with Gasteiger partial charge >= 0.3 is 12.1 Å². The molecule has 0 unspecified atom stereocenters. The third-order valence-corrected chi connectivity index (χ3v) is 9.53. The number of anilines is 2. The van der Waals surface area contributed by atoms with Crippen molar-refractivity contribution in [2.75, 3.05) is 50.8 Å². The number of piperidine rings is 2. The molecular formula is C35H51ClN11O6+. The number of nitrogens with two attached hydrogens (primary N) is 2. The number of hydrogen-bond donors (Lipinski definition) is 5. The first-order valence-electron chi connectivity index (χ1n) is 18.0. The summed E-state index contributed by atoms with van der Waals surface area (Å²) in [6.07, 6.45) is 2.24. The molecule has 0 saturated carbocycles. The van der Waals surface area contributed by atoms with Gasteiger partial charge in [-0.1, -0.05) is 11.6 Å². The van der Waals surface area contributed by atoms with E-state index in [0.717, 1.165) is 16.9 Å². The van der Waals surface area contributed by atoms with E-state index < -0.39 is 11.5 Å². The van der Waals surface area contributed by atoms with Crippen LogP contribution in [0.5, 0.6) is 5.75 Å². The molecule has 3 aromatic rings. The van der Waals surface area contributed by atoms with Crippen LogP contribution in [0, 0.1) is 0 Å². The number of nitrogens with zero attached hydrogens (tertiary/aromatic N) is 6. The molecule has 5 rings (SSSR count). The van der Waals surface area contributed by atoms with Gasteiger partial charge in [-0.15, -0.1) is 0 Å². The van der Waals surface area contributed by atoms with E-state index in [1.165, 1.54) is 0 Å². The number of aromatic nitrogens is 4. The van der Waals surface area contributed by atoms with Crippen LogP contribution in [0.25, 0.3) is 11.0 Å². The minimum Gasteiger partial charge on any atom is -0.484 e. The number of halogens is 1. The maximum Gasteiger partial charge on any atom is 0.410 e. The van der Waals surface area contributed by atoms with Gasteiger partial charge in [0.05, 0.1) is 6.54 Å². The van der Waals surface area contributed by atoms with Gasteiger partial charge in [-0.3, -0.25) is 9.59 Å². The van der Waals surface area contributed by atoms with Crippen molar-refractivity contribution in [2.24, 2.45) is 0 Å². The molecule has 0 aliphatic carbocycles. The Hall–Kier alpha value is -5.06. The topological polar surface area (TPSA) is 216 Å². The van der Waals surface area contributed by atoms with Crippen LogP contribution in [0.1, 0.15) is 82.7 Å². The van der Waals surface area contributed by atoms with Gasteiger partial charge in [-0.25, -0.2) is 28.7 Å². The molecule has 2 fully saturated rings. The van der Waals surface area contributed by atoms with Gasteiger partial charge in [-0.05, 0) is 59.6 Å². The molecule has 0 radical (unpaired) electrons. The van der Waals surface area contributed by atoms with Gasteiger partial charge in [-0.2, -0.15) is 0 Å². The second-order valence-electron chi connectivity index (χ2n) is 14.1.